The first-order chi connectivity index (χ1) is 14.3. The van der Waals surface area contributed by atoms with Gasteiger partial charge in [0.1, 0.15) is 0 Å². The van der Waals surface area contributed by atoms with Crippen molar-refractivity contribution >= 4 is 61.1 Å². The molecule has 1 aliphatic rings. The molecular weight excluding hydrogens is 483 g/mol. The largest absolute Gasteiger partial charge is 0.348 e. The number of nitrogens with zero attached hydrogens (tertiary/aromatic N) is 2. The van der Waals surface area contributed by atoms with Crippen molar-refractivity contribution in [1.29, 1.82) is 0 Å². The zero-order valence-electron chi connectivity index (χ0n) is 15.9. The van der Waals surface area contributed by atoms with Gasteiger partial charge >= 0.3 is 0 Å². The predicted octanol–water partition coefficient (Wildman–Crippen LogP) is 6.14. The quantitative estimate of drug-likeness (QED) is 0.421. The number of halogens is 3. The number of aromatic nitrogens is 1. The molecule has 2 aromatic carbocycles. The van der Waals surface area contributed by atoms with Crippen LogP contribution in [0, 0.1) is 0 Å². The lowest BCUT2D eigenvalue weighted by molar-refractivity contribution is 0.529. The van der Waals surface area contributed by atoms with Gasteiger partial charge in [-0.25, -0.2) is 13.4 Å². The third kappa shape index (κ3) is 4.78. The summed E-state index contributed by atoms with van der Waals surface area (Å²) in [6.07, 6.45) is 1.83. The van der Waals surface area contributed by atoms with Crippen molar-refractivity contribution in [1.82, 2.24) is 4.98 Å². The average molecular weight is 502 g/mol. The van der Waals surface area contributed by atoms with Gasteiger partial charge in [-0.2, -0.15) is 0 Å². The third-order valence-electron chi connectivity index (χ3n) is 5.20. The number of thiazole rings is 1. The number of rotatable bonds is 5. The van der Waals surface area contributed by atoms with Crippen molar-refractivity contribution < 1.29 is 8.42 Å². The van der Waals surface area contributed by atoms with Crippen molar-refractivity contribution in [2.24, 2.45) is 0 Å². The van der Waals surface area contributed by atoms with E-state index >= 15 is 0 Å². The van der Waals surface area contributed by atoms with Gasteiger partial charge in [-0.3, -0.25) is 0 Å². The van der Waals surface area contributed by atoms with Crippen LogP contribution in [0.1, 0.15) is 24.1 Å². The highest BCUT2D eigenvalue weighted by Gasteiger charge is 2.32. The highest BCUT2D eigenvalue weighted by atomic mass is 35.5. The molecule has 4 rings (SSSR count). The Bertz CT molecular complexity index is 1140. The van der Waals surface area contributed by atoms with Crippen LogP contribution in [0.3, 0.4) is 0 Å². The zero-order valence-corrected chi connectivity index (χ0v) is 19.8. The highest BCUT2D eigenvalue weighted by molar-refractivity contribution is 7.92. The maximum Gasteiger partial charge on any atom is 0.185 e. The second kappa shape index (κ2) is 9.05. The number of anilines is 1. The van der Waals surface area contributed by atoms with Gasteiger partial charge in [0.25, 0.3) is 0 Å². The molecule has 158 valence electrons. The Balaban J connectivity index is 1.40. The Morgan fingerprint density at radius 3 is 2.37 bits per heavy atom. The minimum atomic E-state index is -3.35. The van der Waals surface area contributed by atoms with Crippen LogP contribution < -0.4 is 4.90 Å². The van der Waals surface area contributed by atoms with Crippen LogP contribution in [0.15, 0.2) is 52.7 Å². The van der Waals surface area contributed by atoms with Crippen molar-refractivity contribution in [2.75, 3.05) is 18.0 Å². The van der Waals surface area contributed by atoms with Gasteiger partial charge in [0.2, 0.25) is 0 Å². The Morgan fingerprint density at radius 2 is 1.70 bits per heavy atom. The molecule has 3 aromatic rings. The summed E-state index contributed by atoms with van der Waals surface area (Å²) in [7, 11) is -3.35. The standard InChI is InChI=1S/C21H19Cl3N2O2S2/c22-15-2-4-17(5-3-15)30(27,28)18-7-9-26(10-8-18)21-25-16(13-29-21)11-14-1-6-19(23)20(24)12-14/h1-6,12-13,18H,7-11H2. The van der Waals surface area contributed by atoms with E-state index < -0.39 is 9.84 Å². The molecule has 2 heterocycles. The van der Waals surface area contributed by atoms with Gasteiger partial charge in [0, 0.05) is 29.9 Å². The molecule has 0 aliphatic carbocycles. The van der Waals surface area contributed by atoms with Crippen LogP contribution >= 0.6 is 46.1 Å². The number of benzene rings is 2. The number of hydrogen-bond donors (Lipinski definition) is 0. The maximum atomic E-state index is 12.9. The van der Waals surface area contributed by atoms with E-state index in [1.165, 1.54) is 0 Å². The van der Waals surface area contributed by atoms with Crippen molar-refractivity contribution in [2.45, 2.75) is 29.4 Å². The number of sulfone groups is 1. The van der Waals surface area contributed by atoms with Crippen molar-refractivity contribution in [3.8, 4) is 0 Å². The van der Waals surface area contributed by atoms with E-state index in [4.69, 9.17) is 39.8 Å². The molecule has 1 aliphatic heterocycles. The lowest BCUT2D eigenvalue weighted by Gasteiger charge is -2.31. The summed E-state index contributed by atoms with van der Waals surface area (Å²) in [4.78, 5) is 7.24. The molecule has 1 fully saturated rings. The highest BCUT2D eigenvalue weighted by Crippen LogP contribution is 2.30. The molecule has 0 saturated carbocycles. The van der Waals surface area contributed by atoms with Crippen LogP contribution in [0.4, 0.5) is 5.13 Å². The molecule has 0 bridgehead atoms. The van der Waals surface area contributed by atoms with Crippen LogP contribution in [0.25, 0.3) is 0 Å². The second-order valence-electron chi connectivity index (χ2n) is 7.23. The van der Waals surface area contributed by atoms with Gasteiger partial charge in [-0.15, -0.1) is 11.3 Å². The van der Waals surface area contributed by atoms with Crippen LogP contribution in [-0.2, 0) is 16.3 Å². The summed E-state index contributed by atoms with van der Waals surface area (Å²) in [6.45, 7) is 1.33. The minimum absolute atomic E-state index is 0.337. The van der Waals surface area contributed by atoms with Gasteiger partial charge in [-0.05, 0) is 54.8 Å². The van der Waals surface area contributed by atoms with Crippen molar-refractivity contribution in [3.63, 3.8) is 0 Å². The second-order valence-corrected chi connectivity index (χ2v) is 11.5. The first kappa shape index (κ1) is 21.9. The molecule has 0 spiro atoms. The van der Waals surface area contributed by atoms with Gasteiger partial charge in [-0.1, -0.05) is 40.9 Å². The van der Waals surface area contributed by atoms with E-state index in [1.807, 2.05) is 17.5 Å². The SMILES string of the molecule is O=S(=O)(c1ccc(Cl)cc1)C1CCN(c2nc(Cc3ccc(Cl)c(Cl)c3)cs2)CC1. The molecule has 4 nitrogen and oxygen atoms in total. The first-order valence-electron chi connectivity index (χ1n) is 9.45. The van der Waals surface area contributed by atoms with E-state index in [1.54, 1.807) is 41.7 Å². The average Bonchev–Trinajstić information content (AvgIpc) is 3.20. The predicted molar refractivity (Wildman–Crippen MR) is 125 cm³/mol. The molecular formula is C21H19Cl3N2O2S2. The lowest BCUT2D eigenvalue weighted by atomic mass is 10.1. The smallest absolute Gasteiger partial charge is 0.185 e. The van der Waals surface area contributed by atoms with Crippen LogP contribution in [-0.4, -0.2) is 31.7 Å². The van der Waals surface area contributed by atoms with E-state index in [0.29, 0.717) is 52.3 Å². The molecule has 9 heteroatoms. The Labute approximate surface area is 195 Å². The number of piperidine rings is 1. The fourth-order valence-electron chi connectivity index (χ4n) is 3.56. The first-order valence-corrected chi connectivity index (χ1v) is 13.0. The molecule has 0 radical (unpaired) electrons. The van der Waals surface area contributed by atoms with Gasteiger partial charge in [0.05, 0.1) is 25.9 Å². The summed E-state index contributed by atoms with van der Waals surface area (Å²) in [5.41, 5.74) is 2.01. The Morgan fingerprint density at radius 1 is 1.00 bits per heavy atom. The molecule has 0 amide bonds. The number of hydrogen-bond acceptors (Lipinski definition) is 5. The molecule has 1 saturated heterocycles. The topological polar surface area (TPSA) is 50.3 Å². The van der Waals surface area contributed by atoms with Gasteiger partial charge < -0.3 is 4.90 Å². The van der Waals surface area contributed by atoms with E-state index in [2.05, 4.69) is 4.90 Å². The van der Waals surface area contributed by atoms with E-state index in [9.17, 15) is 8.42 Å². The lowest BCUT2D eigenvalue weighted by Crippen LogP contribution is -2.39. The Kier molecular flexibility index (Phi) is 6.61. The van der Waals surface area contributed by atoms with E-state index in [-0.39, 0.29) is 5.25 Å². The minimum Gasteiger partial charge on any atom is -0.348 e. The molecule has 0 atom stereocenters. The van der Waals surface area contributed by atoms with Crippen LogP contribution in [0.2, 0.25) is 15.1 Å². The third-order valence-corrected chi connectivity index (χ3v) is 9.42. The Hall–Kier alpha value is -1.31. The fraction of sp³-hybridized carbons (Fsp3) is 0.286. The normalized spacial score (nSPS) is 15.5. The van der Waals surface area contributed by atoms with Gasteiger partial charge in [0.15, 0.2) is 15.0 Å². The zero-order chi connectivity index (χ0) is 21.3. The molecule has 0 N–H and O–H groups in total. The molecule has 0 unspecified atom stereocenters. The fourth-order valence-corrected chi connectivity index (χ4v) is 6.61. The molecule has 30 heavy (non-hydrogen) atoms. The monoisotopic (exact) mass is 500 g/mol. The molecule has 1 aromatic heterocycles. The summed E-state index contributed by atoms with van der Waals surface area (Å²) in [5, 5.41) is 4.18. The maximum absolute atomic E-state index is 12.9. The summed E-state index contributed by atoms with van der Waals surface area (Å²) in [6, 6.07) is 12.0. The summed E-state index contributed by atoms with van der Waals surface area (Å²) < 4.78 is 25.8. The van der Waals surface area contributed by atoms with Crippen molar-refractivity contribution in [3.05, 3.63) is 74.2 Å². The summed E-state index contributed by atoms with van der Waals surface area (Å²) in [5.74, 6) is 0. The summed E-state index contributed by atoms with van der Waals surface area (Å²) >= 11 is 19.5. The van der Waals surface area contributed by atoms with E-state index in [0.717, 1.165) is 16.4 Å². The van der Waals surface area contributed by atoms with Crippen LogP contribution in [0.5, 0.6) is 0 Å².